The lowest BCUT2D eigenvalue weighted by atomic mass is 10.5. The molecule has 0 aliphatic carbocycles. The Hall–Kier alpha value is 0.477. The third-order valence-electron chi connectivity index (χ3n) is 1.49. The first-order chi connectivity index (χ1) is 6.11. The molecule has 0 N–H and O–H groups in total. The van der Waals surface area contributed by atoms with Gasteiger partial charge in [0.2, 0.25) is 0 Å². The lowest BCUT2D eigenvalue weighted by Crippen LogP contribution is -2.44. The van der Waals surface area contributed by atoms with Crippen molar-refractivity contribution in [1.82, 2.24) is 0 Å². The molecule has 0 aromatic carbocycles. The van der Waals surface area contributed by atoms with Crippen LogP contribution in [-0.2, 0) is 4.74 Å². The zero-order valence-electron chi connectivity index (χ0n) is 7.54. The minimum atomic E-state index is -4.49. The van der Waals surface area contributed by atoms with E-state index in [9.17, 15) is 17.6 Å². The van der Waals surface area contributed by atoms with Crippen LogP contribution >= 0.6 is 22.2 Å². The highest BCUT2D eigenvalue weighted by Crippen LogP contribution is 2.32. The molecule has 0 heterocycles. The molecule has 14 heavy (non-hydrogen) atoms. The first-order valence-electron chi connectivity index (χ1n) is 3.82. The Balaban J connectivity index is 4.47. The van der Waals surface area contributed by atoms with Crippen LogP contribution in [0.3, 0.4) is 0 Å². The standard InChI is InChI=1S/C6H10Cl2F4OSi/c1-3-4(14(2,7)8)13-6(11,12)5(9)10/h4-5H,3H2,1-2H3. The Kier molecular flexibility index (Phi) is 5.17. The molecule has 0 saturated heterocycles. The second-order valence-electron chi connectivity index (χ2n) is 2.83. The predicted molar refractivity (Wildman–Crippen MR) is 49.4 cm³/mol. The number of rotatable bonds is 5. The van der Waals surface area contributed by atoms with Gasteiger partial charge in [0.1, 0.15) is 0 Å². The van der Waals surface area contributed by atoms with E-state index >= 15 is 0 Å². The summed E-state index contributed by atoms with van der Waals surface area (Å²) in [6, 6.07) is 0. The van der Waals surface area contributed by atoms with Gasteiger partial charge in [-0.3, -0.25) is 0 Å². The fourth-order valence-electron chi connectivity index (χ4n) is 0.786. The quantitative estimate of drug-likeness (QED) is 0.421. The summed E-state index contributed by atoms with van der Waals surface area (Å²) in [6.07, 6.45) is -8.29. The number of hydrogen-bond donors (Lipinski definition) is 0. The summed E-state index contributed by atoms with van der Waals surface area (Å²) in [5.41, 5.74) is -1.21. The predicted octanol–water partition coefficient (Wildman–Crippen LogP) is 3.73. The second kappa shape index (κ2) is 5.00. The van der Waals surface area contributed by atoms with Crippen LogP contribution in [-0.4, -0.2) is 25.0 Å². The Morgan fingerprint density at radius 2 is 1.79 bits per heavy atom. The molecule has 0 aromatic heterocycles. The highest BCUT2D eigenvalue weighted by molar-refractivity contribution is 7.45. The van der Waals surface area contributed by atoms with Gasteiger partial charge < -0.3 is 4.74 Å². The summed E-state index contributed by atoms with van der Waals surface area (Å²) in [7, 11) is 0. The molecule has 1 atom stereocenters. The first kappa shape index (κ1) is 14.5. The molecule has 1 unspecified atom stereocenters. The Bertz CT molecular complexity index is 185. The van der Waals surface area contributed by atoms with Crippen LogP contribution in [0.1, 0.15) is 13.3 Å². The first-order valence-corrected chi connectivity index (χ1v) is 8.43. The number of halogens is 6. The highest BCUT2D eigenvalue weighted by atomic mass is 35.7. The van der Waals surface area contributed by atoms with Gasteiger partial charge in [0.25, 0.3) is 6.69 Å². The summed E-state index contributed by atoms with van der Waals surface area (Å²) < 4.78 is 52.3. The molecule has 0 aliphatic rings. The van der Waals surface area contributed by atoms with Crippen molar-refractivity contribution in [1.29, 1.82) is 0 Å². The van der Waals surface area contributed by atoms with Crippen molar-refractivity contribution in [3.63, 3.8) is 0 Å². The third kappa shape index (κ3) is 4.33. The summed E-state index contributed by atoms with van der Waals surface area (Å²) in [5, 5.41) is 0. The van der Waals surface area contributed by atoms with Crippen molar-refractivity contribution in [3.8, 4) is 0 Å². The maximum absolute atomic E-state index is 12.4. The number of ether oxygens (including phenoxy) is 1. The second-order valence-corrected chi connectivity index (χ2v) is 10.7. The smallest absolute Gasteiger partial charge is 0.313 e. The molecule has 1 nitrogen and oxygen atoms in total. The van der Waals surface area contributed by atoms with E-state index in [1.165, 1.54) is 13.5 Å². The molecule has 0 spiro atoms. The number of alkyl halides is 4. The molecule has 0 rings (SSSR count). The van der Waals surface area contributed by atoms with Crippen molar-refractivity contribution < 1.29 is 22.3 Å². The Labute approximate surface area is 89.7 Å². The topological polar surface area (TPSA) is 9.23 Å². The van der Waals surface area contributed by atoms with Crippen LogP contribution < -0.4 is 0 Å². The van der Waals surface area contributed by atoms with Crippen LogP contribution in [0.25, 0.3) is 0 Å². The molecule has 0 fully saturated rings. The van der Waals surface area contributed by atoms with E-state index < -0.39 is 25.0 Å². The molecule has 0 amide bonds. The monoisotopic (exact) mass is 272 g/mol. The average Bonchev–Trinajstić information content (AvgIpc) is 1.97. The lowest BCUT2D eigenvalue weighted by Gasteiger charge is -2.27. The lowest BCUT2D eigenvalue weighted by molar-refractivity contribution is -0.308. The van der Waals surface area contributed by atoms with Gasteiger partial charge in [-0.25, -0.2) is 8.78 Å². The molecule has 86 valence electrons. The molecule has 0 aromatic rings. The Morgan fingerprint density at radius 3 is 2.00 bits per heavy atom. The van der Waals surface area contributed by atoms with Gasteiger partial charge in [0, 0.05) is 0 Å². The fraction of sp³-hybridized carbons (Fsp3) is 1.00. The summed E-state index contributed by atoms with van der Waals surface area (Å²) in [4.78, 5) is 0. The minimum Gasteiger partial charge on any atom is -0.313 e. The van der Waals surface area contributed by atoms with Gasteiger partial charge in [0.05, 0.1) is 5.73 Å². The van der Waals surface area contributed by atoms with E-state index in [0.29, 0.717) is 0 Å². The largest absolute Gasteiger partial charge is 0.416 e. The molecule has 0 saturated carbocycles. The molecule has 0 radical (unpaired) electrons. The molecule has 0 aliphatic heterocycles. The maximum Gasteiger partial charge on any atom is 0.416 e. The van der Waals surface area contributed by atoms with Gasteiger partial charge in [-0.1, -0.05) is 6.92 Å². The van der Waals surface area contributed by atoms with Crippen LogP contribution in [0.15, 0.2) is 0 Å². The van der Waals surface area contributed by atoms with E-state index in [1.807, 2.05) is 0 Å². The maximum atomic E-state index is 12.4. The van der Waals surface area contributed by atoms with Crippen LogP contribution in [0, 0.1) is 0 Å². The number of hydrogen-bond acceptors (Lipinski definition) is 1. The fourth-order valence-corrected chi connectivity index (χ4v) is 3.06. The van der Waals surface area contributed by atoms with Crippen molar-refractivity contribution in [2.75, 3.05) is 0 Å². The van der Waals surface area contributed by atoms with Crippen LogP contribution in [0.5, 0.6) is 0 Å². The summed E-state index contributed by atoms with van der Waals surface area (Å²) >= 11 is 11.2. The van der Waals surface area contributed by atoms with E-state index in [4.69, 9.17) is 22.2 Å². The zero-order valence-corrected chi connectivity index (χ0v) is 10.0. The SMILES string of the molecule is CCC(OC(F)(F)C(F)F)[Si](C)(Cl)Cl. The van der Waals surface area contributed by atoms with E-state index in [-0.39, 0.29) is 6.42 Å². The molecule has 0 bridgehead atoms. The summed E-state index contributed by atoms with van der Waals surface area (Å²) in [5.74, 6) is 0. The van der Waals surface area contributed by atoms with Gasteiger partial charge in [-0.05, 0) is 13.0 Å². The molecule has 8 heteroatoms. The molecular weight excluding hydrogens is 263 g/mol. The van der Waals surface area contributed by atoms with Crippen molar-refractivity contribution in [2.24, 2.45) is 0 Å². The van der Waals surface area contributed by atoms with Crippen molar-refractivity contribution in [2.45, 2.75) is 38.2 Å². The van der Waals surface area contributed by atoms with Crippen LogP contribution in [0.2, 0.25) is 6.55 Å². The van der Waals surface area contributed by atoms with Gasteiger partial charge >= 0.3 is 12.5 Å². The average molecular weight is 273 g/mol. The summed E-state index contributed by atoms with van der Waals surface area (Å²) in [6.45, 7) is -0.206. The highest BCUT2D eigenvalue weighted by Gasteiger charge is 2.48. The normalized spacial score (nSPS) is 16.1. The molecular formula is C6H10Cl2F4OSi. The van der Waals surface area contributed by atoms with Crippen molar-refractivity contribution >= 4 is 28.9 Å². The van der Waals surface area contributed by atoms with E-state index in [2.05, 4.69) is 4.74 Å². The van der Waals surface area contributed by atoms with Crippen LogP contribution in [0.4, 0.5) is 17.6 Å². The third-order valence-corrected chi connectivity index (χ3v) is 4.61. The van der Waals surface area contributed by atoms with Gasteiger partial charge in [0.15, 0.2) is 0 Å². The zero-order chi connectivity index (χ0) is 11.6. The minimum absolute atomic E-state index is 0.0675. The van der Waals surface area contributed by atoms with E-state index in [1.54, 1.807) is 0 Å². The van der Waals surface area contributed by atoms with Gasteiger partial charge in [-0.15, -0.1) is 22.2 Å². The van der Waals surface area contributed by atoms with Gasteiger partial charge in [-0.2, -0.15) is 8.78 Å². The van der Waals surface area contributed by atoms with E-state index in [0.717, 1.165) is 0 Å². The van der Waals surface area contributed by atoms with Crippen molar-refractivity contribution in [3.05, 3.63) is 0 Å². The Morgan fingerprint density at radius 1 is 1.36 bits per heavy atom.